The number of unbranched alkanes of at least 4 members (excludes halogenated alkanes) is 1. The predicted octanol–water partition coefficient (Wildman–Crippen LogP) is 2.35. The van der Waals surface area contributed by atoms with Crippen molar-refractivity contribution in [1.82, 2.24) is 10.6 Å². The van der Waals surface area contributed by atoms with E-state index >= 15 is 0 Å². The van der Waals surface area contributed by atoms with Gasteiger partial charge in [-0.3, -0.25) is 9.59 Å². The number of carbonyl (C=O) groups excluding carboxylic acids is 4. The van der Waals surface area contributed by atoms with Crippen LogP contribution in [0.25, 0.3) is 0 Å². The van der Waals surface area contributed by atoms with Gasteiger partial charge in [0, 0.05) is 25.7 Å². The van der Waals surface area contributed by atoms with Gasteiger partial charge in [0.1, 0.15) is 12.1 Å². The molecule has 8 heteroatoms. The first-order valence-electron chi connectivity index (χ1n) is 11.2. The maximum absolute atomic E-state index is 12.3. The molecule has 2 aromatic rings. The zero-order chi connectivity index (χ0) is 24.8. The standard InChI is InChI=1S/C26H32N2O6/c1-33-25(31)21(17-19-11-5-3-6-12-19)27-23(29)15-9-10-16-24(30)28-22(26(32)34-2)18-20-13-7-4-8-14-20/h3-8,11-14,21-22H,9-10,15-18H2,1-2H3,(H,27,29)(H,28,30). The number of ether oxygens (including phenoxy) is 2. The van der Waals surface area contributed by atoms with E-state index in [1.54, 1.807) is 0 Å². The first kappa shape index (κ1) is 26.6. The van der Waals surface area contributed by atoms with Crippen LogP contribution in [0.2, 0.25) is 0 Å². The van der Waals surface area contributed by atoms with Gasteiger partial charge in [0.05, 0.1) is 14.2 Å². The normalized spacial score (nSPS) is 12.2. The maximum atomic E-state index is 12.3. The van der Waals surface area contributed by atoms with Crippen LogP contribution in [0.1, 0.15) is 36.8 Å². The monoisotopic (exact) mass is 468 g/mol. The van der Waals surface area contributed by atoms with Gasteiger partial charge in [-0.2, -0.15) is 0 Å². The van der Waals surface area contributed by atoms with Crippen LogP contribution in [0.15, 0.2) is 60.7 Å². The Morgan fingerprint density at radius 1 is 0.647 bits per heavy atom. The number of nitrogens with one attached hydrogen (secondary N) is 2. The highest BCUT2D eigenvalue weighted by Gasteiger charge is 2.23. The number of esters is 2. The molecule has 2 N–H and O–H groups in total. The minimum absolute atomic E-state index is 0.167. The van der Waals surface area contributed by atoms with Crippen molar-refractivity contribution in [3.05, 3.63) is 71.8 Å². The number of amides is 2. The Labute approximate surface area is 200 Å². The third kappa shape index (κ3) is 9.44. The zero-order valence-electron chi connectivity index (χ0n) is 19.6. The van der Waals surface area contributed by atoms with Crippen molar-refractivity contribution < 1.29 is 28.7 Å². The highest BCUT2D eigenvalue weighted by atomic mass is 16.5. The summed E-state index contributed by atoms with van der Waals surface area (Å²) < 4.78 is 9.61. The van der Waals surface area contributed by atoms with E-state index in [0.717, 1.165) is 11.1 Å². The summed E-state index contributed by atoms with van der Waals surface area (Å²) in [6.45, 7) is 0. The lowest BCUT2D eigenvalue weighted by molar-refractivity contribution is -0.145. The summed E-state index contributed by atoms with van der Waals surface area (Å²) in [5.41, 5.74) is 1.82. The highest BCUT2D eigenvalue weighted by Crippen LogP contribution is 2.08. The topological polar surface area (TPSA) is 111 Å². The van der Waals surface area contributed by atoms with Gasteiger partial charge in [0.2, 0.25) is 11.8 Å². The molecule has 0 radical (unpaired) electrons. The lowest BCUT2D eigenvalue weighted by Crippen LogP contribution is -2.43. The quantitative estimate of drug-likeness (QED) is 0.345. The first-order chi connectivity index (χ1) is 16.4. The maximum Gasteiger partial charge on any atom is 0.328 e. The van der Waals surface area contributed by atoms with E-state index in [4.69, 9.17) is 9.47 Å². The van der Waals surface area contributed by atoms with E-state index in [1.807, 2.05) is 60.7 Å². The number of hydrogen-bond donors (Lipinski definition) is 2. The molecular formula is C26H32N2O6. The Balaban J connectivity index is 1.76. The Morgan fingerprint density at radius 2 is 1.00 bits per heavy atom. The van der Waals surface area contributed by atoms with E-state index in [0.29, 0.717) is 25.7 Å². The van der Waals surface area contributed by atoms with Gasteiger partial charge >= 0.3 is 11.9 Å². The van der Waals surface area contributed by atoms with Gasteiger partial charge in [-0.1, -0.05) is 60.7 Å². The van der Waals surface area contributed by atoms with E-state index in [9.17, 15) is 19.2 Å². The van der Waals surface area contributed by atoms with Crippen molar-refractivity contribution in [2.24, 2.45) is 0 Å². The molecule has 34 heavy (non-hydrogen) atoms. The van der Waals surface area contributed by atoms with E-state index in [-0.39, 0.29) is 24.7 Å². The summed E-state index contributed by atoms with van der Waals surface area (Å²) in [6.07, 6.45) is 1.91. The second kappa shape index (κ2) is 14.5. The van der Waals surface area contributed by atoms with E-state index < -0.39 is 24.0 Å². The molecule has 2 unspecified atom stereocenters. The van der Waals surface area contributed by atoms with Gasteiger partial charge < -0.3 is 20.1 Å². The van der Waals surface area contributed by atoms with Crippen LogP contribution >= 0.6 is 0 Å². The van der Waals surface area contributed by atoms with Crippen molar-refractivity contribution >= 4 is 23.8 Å². The third-order valence-corrected chi connectivity index (χ3v) is 5.26. The van der Waals surface area contributed by atoms with Gasteiger partial charge in [0.15, 0.2) is 0 Å². The van der Waals surface area contributed by atoms with Crippen LogP contribution < -0.4 is 10.6 Å². The minimum Gasteiger partial charge on any atom is -0.467 e. The average Bonchev–Trinajstić information content (AvgIpc) is 2.86. The molecule has 0 fully saturated rings. The summed E-state index contributed by atoms with van der Waals surface area (Å²) in [4.78, 5) is 48.8. The molecule has 182 valence electrons. The smallest absolute Gasteiger partial charge is 0.328 e. The molecule has 0 aliphatic rings. The molecule has 0 aliphatic carbocycles. The number of methoxy groups -OCH3 is 2. The zero-order valence-corrected chi connectivity index (χ0v) is 19.6. The largest absolute Gasteiger partial charge is 0.467 e. The van der Waals surface area contributed by atoms with Crippen molar-refractivity contribution in [3.63, 3.8) is 0 Å². The molecule has 8 nitrogen and oxygen atoms in total. The lowest BCUT2D eigenvalue weighted by Gasteiger charge is -2.17. The fourth-order valence-electron chi connectivity index (χ4n) is 3.47. The summed E-state index contributed by atoms with van der Waals surface area (Å²) in [5, 5.41) is 5.42. The molecule has 0 bridgehead atoms. The van der Waals surface area contributed by atoms with Crippen LogP contribution in [-0.4, -0.2) is 50.1 Å². The number of benzene rings is 2. The molecular weight excluding hydrogens is 436 g/mol. The number of rotatable bonds is 13. The predicted molar refractivity (Wildman–Crippen MR) is 127 cm³/mol. The molecule has 0 spiro atoms. The van der Waals surface area contributed by atoms with E-state index in [2.05, 4.69) is 10.6 Å². The van der Waals surface area contributed by atoms with Gasteiger partial charge in [-0.15, -0.1) is 0 Å². The van der Waals surface area contributed by atoms with Gasteiger partial charge in [0.25, 0.3) is 0 Å². The summed E-state index contributed by atoms with van der Waals surface area (Å²) in [7, 11) is 2.56. The third-order valence-electron chi connectivity index (χ3n) is 5.26. The molecule has 2 amide bonds. The second-order valence-corrected chi connectivity index (χ2v) is 7.87. The van der Waals surface area contributed by atoms with Crippen molar-refractivity contribution in [2.75, 3.05) is 14.2 Å². The van der Waals surface area contributed by atoms with Crippen LogP contribution in [0.3, 0.4) is 0 Å². The fourth-order valence-corrected chi connectivity index (χ4v) is 3.47. The first-order valence-corrected chi connectivity index (χ1v) is 11.2. The Bertz CT molecular complexity index is 855. The van der Waals surface area contributed by atoms with Gasteiger partial charge in [-0.25, -0.2) is 9.59 Å². The molecule has 0 saturated heterocycles. The molecule has 2 rings (SSSR count). The SMILES string of the molecule is COC(=O)C(Cc1ccccc1)NC(=O)CCCCC(=O)NC(Cc1ccccc1)C(=O)OC. The summed E-state index contributed by atoms with van der Waals surface area (Å²) in [5.74, 6) is -1.60. The summed E-state index contributed by atoms with van der Waals surface area (Å²) >= 11 is 0. The molecule has 0 aromatic heterocycles. The van der Waals surface area contributed by atoms with Crippen LogP contribution in [-0.2, 0) is 41.5 Å². The number of hydrogen-bond acceptors (Lipinski definition) is 6. The Kier molecular flexibility index (Phi) is 11.3. The Morgan fingerprint density at radius 3 is 1.32 bits per heavy atom. The molecule has 0 aliphatic heterocycles. The molecule has 2 aromatic carbocycles. The molecule has 0 heterocycles. The minimum atomic E-state index is -0.776. The van der Waals surface area contributed by atoms with E-state index in [1.165, 1.54) is 14.2 Å². The average molecular weight is 469 g/mol. The second-order valence-electron chi connectivity index (χ2n) is 7.87. The van der Waals surface area contributed by atoms with Crippen molar-refractivity contribution in [1.29, 1.82) is 0 Å². The van der Waals surface area contributed by atoms with Crippen LogP contribution in [0, 0.1) is 0 Å². The van der Waals surface area contributed by atoms with Crippen LogP contribution in [0.5, 0.6) is 0 Å². The summed E-state index contributed by atoms with van der Waals surface area (Å²) in [6, 6.07) is 17.1. The van der Waals surface area contributed by atoms with Gasteiger partial charge in [-0.05, 0) is 24.0 Å². The number of carbonyl (C=O) groups is 4. The molecule has 0 saturated carbocycles. The van der Waals surface area contributed by atoms with Crippen molar-refractivity contribution in [2.45, 2.75) is 50.6 Å². The fraction of sp³-hybridized carbons (Fsp3) is 0.385. The lowest BCUT2D eigenvalue weighted by atomic mass is 10.1. The van der Waals surface area contributed by atoms with Crippen molar-refractivity contribution in [3.8, 4) is 0 Å². The van der Waals surface area contributed by atoms with Crippen LogP contribution in [0.4, 0.5) is 0 Å². The Hall–Kier alpha value is -3.68. The highest BCUT2D eigenvalue weighted by molar-refractivity contribution is 5.85. The molecule has 2 atom stereocenters.